The lowest BCUT2D eigenvalue weighted by Crippen LogP contribution is -2.02. The van der Waals surface area contributed by atoms with Gasteiger partial charge in [0.1, 0.15) is 0 Å². The van der Waals surface area contributed by atoms with Crippen LogP contribution in [-0.4, -0.2) is 15.0 Å². The molecule has 0 aromatic rings. The molecule has 0 rings (SSSR count). The summed E-state index contributed by atoms with van der Waals surface area (Å²) in [5.74, 6) is 1.32. The van der Waals surface area contributed by atoms with Crippen molar-refractivity contribution in [1.29, 1.82) is 0 Å². The molecule has 0 saturated heterocycles. The van der Waals surface area contributed by atoms with Crippen LogP contribution >= 0.6 is 0 Å². The van der Waals surface area contributed by atoms with E-state index in [-0.39, 0.29) is 0 Å². The molecule has 0 aromatic heterocycles. The molecule has 0 amide bonds. The average molecular weight is 222 g/mol. The molecule has 0 heterocycles. The molecule has 0 aromatic carbocycles. The summed E-state index contributed by atoms with van der Waals surface area (Å²) in [6.45, 7) is 6.91. The van der Waals surface area contributed by atoms with Crippen molar-refractivity contribution < 1.29 is 12.6 Å². The molecule has 14 heavy (non-hydrogen) atoms. The van der Waals surface area contributed by atoms with Crippen LogP contribution in [0.2, 0.25) is 0 Å². The van der Waals surface area contributed by atoms with Gasteiger partial charge in [0, 0.05) is 0 Å². The first-order chi connectivity index (χ1) is 6.52. The van der Waals surface area contributed by atoms with Crippen molar-refractivity contribution in [3.05, 3.63) is 0 Å². The van der Waals surface area contributed by atoms with Gasteiger partial charge >= 0.3 is 0 Å². The number of hydrogen-bond donors (Lipinski definition) is 1. The van der Waals surface area contributed by atoms with E-state index in [0.717, 1.165) is 18.8 Å². The molecule has 0 aliphatic heterocycles. The normalized spacial score (nSPS) is 13.8. The van der Waals surface area contributed by atoms with Crippen LogP contribution in [0, 0.1) is 11.8 Å². The summed E-state index contributed by atoms with van der Waals surface area (Å²) < 4.78 is 24.7. The van der Waals surface area contributed by atoms with E-state index in [1.807, 2.05) is 0 Å². The molecule has 86 valence electrons. The van der Waals surface area contributed by atoms with Crippen LogP contribution in [0.25, 0.3) is 0 Å². The smallest absolute Gasteiger partial charge is 0.257 e. The van der Waals surface area contributed by atoms with E-state index in [1.54, 1.807) is 0 Å². The zero-order valence-electron chi connectivity index (χ0n) is 9.36. The van der Waals surface area contributed by atoms with Gasteiger partial charge in [-0.15, -0.1) is 0 Å². The molecule has 0 N–H and O–H groups in total. The van der Waals surface area contributed by atoms with Gasteiger partial charge < -0.3 is 0 Å². The largest absolute Gasteiger partial charge is 0.272 e. The maximum Gasteiger partial charge on any atom is 0.257 e. The third-order valence-electron chi connectivity index (χ3n) is 2.29. The van der Waals surface area contributed by atoms with E-state index in [0.29, 0.717) is 12.5 Å². The second-order valence-corrected chi connectivity index (χ2v) is 4.98. The van der Waals surface area contributed by atoms with Gasteiger partial charge in [-0.25, -0.2) is 8.42 Å². The lowest BCUT2D eigenvalue weighted by molar-refractivity contribution is 0.289. The molecular weight excluding hydrogens is 200 g/mol. The Morgan fingerprint density at radius 2 is 1.71 bits per heavy atom. The van der Waals surface area contributed by atoms with E-state index >= 15 is 0 Å². The summed E-state index contributed by atoms with van der Waals surface area (Å²) in [6, 6.07) is 0. The van der Waals surface area contributed by atoms with Crippen LogP contribution in [0.4, 0.5) is 0 Å². The van der Waals surface area contributed by atoms with Gasteiger partial charge in [0.25, 0.3) is 11.0 Å². The van der Waals surface area contributed by atoms with E-state index in [1.165, 1.54) is 12.8 Å². The lowest BCUT2D eigenvalue weighted by atomic mass is 9.98. The van der Waals surface area contributed by atoms with Crippen molar-refractivity contribution in [3.8, 4) is 0 Å². The molecule has 0 bridgehead atoms. The summed E-state index contributed by atoms with van der Waals surface area (Å²) in [4.78, 5) is 0. The van der Waals surface area contributed by atoms with Gasteiger partial charge in [0.15, 0.2) is 0 Å². The third kappa shape index (κ3) is 9.99. The van der Waals surface area contributed by atoms with Crippen LogP contribution in [0.5, 0.6) is 0 Å². The highest BCUT2D eigenvalue weighted by Gasteiger charge is 2.03. The standard InChI is InChI=1S/C10H22O3S/c1-9(2)5-4-6-10(3)7-8-13-14(11)12/h9-10,14H,4-8H2,1-3H3. The highest BCUT2D eigenvalue weighted by molar-refractivity contribution is 7.67. The van der Waals surface area contributed by atoms with Crippen molar-refractivity contribution in [2.24, 2.45) is 11.8 Å². The van der Waals surface area contributed by atoms with Gasteiger partial charge in [-0.1, -0.05) is 40.0 Å². The monoisotopic (exact) mass is 222 g/mol. The van der Waals surface area contributed by atoms with Gasteiger partial charge in [-0.2, -0.15) is 0 Å². The van der Waals surface area contributed by atoms with Crippen molar-refractivity contribution in [2.45, 2.75) is 46.5 Å². The quantitative estimate of drug-likeness (QED) is 0.641. The topological polar surface area (TPSA) is 43.4 Å². The minimum Gasteiger partial charge on any atom is -0.272 e. The van der Waals surface area contributed by atoms with Crippen molar-refractivity contribution in [2.75, 3.05) is 6.61 Å². The molecule has 0 fully saturated rings. The summed E-state index contributed by atoms with van der Waals surface area (Å²) >= 11 is 0. The van der Waals surface area contributed by atoms with Crippen LogP contribution in [-0.2, 0) is 15.2 Å². The van der Waals surface area contributed by atoms with Crippen LogP contribution in [0.3, 0.4) is 0 Å². The van der Waals surface area contributed by atoms with Crippen molar-refractivity contribution in [3.63, 3.8) is 0 Å². The number of rotatable bonds is 8. The highest BCUT2D eigenvalue weighted by atomic mass is 32.2. The Morgan fingerprint density at radius 3 is 2.21 bits per heavy atom. The second-order valence-electron chi connectivity index (χ2n) is 4.28. The average Bonchev–Trinajstić information content (AvgIpc) is 2.02. The van der Waals surface area contributed by atoms with E-state index in [4.69, 9.17) is 0 Å². The summed E-state index contributed by atoms with van der Waals surface area (Å²) in [6.07, 6.45) is 4.47. The molecule has 1 unspecified atom stereocenters. The maximum absolute atomic E-state index is 10.1. The van der Waals surface area contributed by atoms with Crippen LogP contribution in [0.15, 0.2) is 0 Å². The minimum absolute atomic E-state index is 0.335. The molecule has 4 heteroatoms. The zero-order valence-corrected chi connectivity index (χ0v) is 10.3. The van der Waals surface area contributed by atoms with Gasteiger partial charge in [-0.3, -0.25) is 4.18 Å². The van der Waals surface area contributed by atoms with E-state index in [9.17, 15) is 8.42 Å². The zero-order chi connectivity index (χ0) is 11.0. The summed E-state index contributed by atoms with van der Waals surface area (Å²) in [7, 11) is -2.65. The fourth-order valence-corrected chi connectivity index (χ4v) is 1.60. The van der Waals surface area contributed by atoms with Crippen molar-refractivity contribution >= 4 is 11.0 Å². The Labute approximate surface area is 89.0 Å². The highest BCUT2D eigenvalue weighted by Crippen LogP contribution is 2.14. The summed E-state index contributed by atoms with van der Waals surface area (Å²) in [5.41, 5.74) is 0. The number of thiol groups is 1. The Kier molecular flexibility index (Phi) is 8.18. The van der Waals surface area contributed by atoms with Crippen LogP contribution < -0.4 is 0 Å². The van der Waals surface area contributed by atoms with Gasteiger partial charge in [0.2, 0.25) is 0 Å². The fraction of sp³-hybridized carbons (Fsp3) is 1.00. The Balaban J connectivity index is 3.32. The third-order valence-corrected chi connectivity index (χ3v) is 2.68. The molecule has 0 saturated carbocycles. The lowest BCUT2D eigenvalue weighted by Gasteiger charge is -2.10. The molecular formula is C10H22O3S. The van der Waals surface area contributed by atoms with Gasteiger partial charge in [0.05, 0.1) is 6.61 Å². The predicted octanol–water partition coefficient (Wildman–Crippen LogP) is 2.38. The molecule has 0 aliphatic rings. The number of hydrogen-bond acceptors (Lipinski definition) is 3. The minimum atomic E-state index is -2.65. The van der Waals surface area contributed by atoms with E-state index < -0.39 is 11.0 Å². The molecule has 0 aliphatic carbocycles. The Hall–Kier alpha value is -0.0900. The Bertz CT molecular complexity index is 192. The fourth-order valence-electron chi connectivity index (χ4n) is 1.35. The SMILES string of the molecule is CC(C)CCCC(C)CCO[SH](=O)=O. The van der Waals surface area contributed by atoms with Gasteiger partial charge in [-0.05, 0) is 18.3 Å². The first kappa shape index (κ1) is 13.9. The maximum atomic E-state index is 10.1. The first-order valence-corrected chi connectivity index (χ1v) is 6.39. The van der Waals surface area contributed by atoms with Crippen molar-refractivity contribution in [1.82, 2.24) is 0 Å². The molecule has 1 atom stereocenters. The van der Waals surface area contributed by atoms with Crippen LogP contribution in [0.1, 0.15) is 46.5 Å². The second kappa shape index (κ2) is 8.24. The molecule has 3 nitrogen and oxygen atoms in total. The molecule has 0 radical (unpaired) electrons. The summed E-state index contributed by atoms with van der Waals surface area (Å²) in [5, 5.41) is 0. The molecule has 0 spiro atoms. The van der Waals surface area contributed by atoms with E-state index in [2.05, 4.69) is 25.0 Å². The predicted molar refractivity (Wildman–Crippen MR) is 58.7 cm³/mol. The Morgan fingerprint density at radius 1 is 1.07 bits per heavy atom. The first-order valence-electron chi connectivity index (χ1n) is 5.29.